The van der Waals surface area contributed by atoms with Crippen LogP contribution < -0.4 is 10.2 Å². The molecule has 2 N–H and O–H groups in total. The molecule has 7 nitrogen and oxygen atoms in total. The molecule has 0 amide bonds. The molecule has 3 rings (SSSR count). The Morgan fingerprint density at radius 2 is 2.38 bits per heavy atom. The van der Waals surface area contributed by atoms with Crippen LogP contribution in [-0.2, 0) is 4.74 Å². The maximum absolute atomic E-state index is 5.51. The van der Waals surface area contributed by atoms with Crippen LogP contribution in [0.2, 0.25) is 0 Å². The first-order chi connectivity index (χ1) is 10.3. The lowest BCUT2D eigenvalue weighted by molar-refractivity contribution is 0.0892. The second-order valence-electron chi connectivity index (χ2n) is 5.38. The molecule has 7 heteroatoms. The van der Waals surface area contributed by atoms with Crippen molar-refractivity contribution in [3.8, 4) is 0 Å². The highest BCUT2D eigenvalue weighted by Crippen LogP contribution is 2.27. The van der Waals surface area contributed by atoms with Crippen molar-refractivity contribution in [3.63, 3.8) is 0 Å². The molecular weight excluding hydrogens is 268 g/mol. The number of fused-ring (bicyclic) bond motifs is 1. The molecule has 0 aromatic carbocycles. The molecule has 114 valence electrons. The molecule has 0 bridgehead atoms. The minimum atomic E-state index is 0.266. The van der Waals surface area contributed by atoms with Gasteiger partial charge >= 0.3 is 0 Å². The Hall–Kier alpha value is -1.89. The van der Waals surface area contributed by atoms with E-state index in [9.17, 15) is 0 Å². The van der Waals surface area contributed by atoms with Crippen LogP contribution in [0.1, 0.15) is 26.2 Å². The van der Waals surface area contributed by atoms with Crippen molar-refractivity contribution in [3.05, 3.63) is 6.20 Å². The largest absolute Gasteiger partial charge is 0.380 e. The monoisotopic (exact) mass is 290 g/mol. The molecular formula is C14H22N6O. The Morgan fingerprint density at radius 3 is 3.19 bits per heavy atom. The molecule has 1 aliphatic rings. The third-order valence-electron chi connectivity index (χ3n) is 3.83. The predicted octanol–water partition coefficient (Wildman–Crippen LogP) is 1.79. The van der Waals surface area contributed by atoms with Gasteiger partial charge < -0.3 is 15.0 Å². The second kappa shape index (κ2) is 6.26. The van der Waals surface area contributed by atoms with E-state index in [4.69, 9.17) is 9.72 Å². The molecule has 0 spiro atoms. The molecule has 1 aliphatic heterocycles. The first-order valence-corrected chi connectivity index (χ1v) is 7.54. The highest BCUT2D eigenvalue weighted by atomic mass is 16.5. The van der Waals surface area contributed by atoms with E-state index in [1.54, 1.807) is 13.3 Å². The second-order valence-corrected chi connectivity index (χ2v) is 5.38. The SMILES string of the molecule is CCCNc1nc(N2CCCC(OC)C2)c2cn[nH]c2n1. The van der Waals surface area contributed by atoms with E-state index in [-0.39, 0.29) is 6.10 Å². The Balaban J connectivity index is 1.93. The molecule has 1 unspecified atom stereocenters. The van der Waals surface area contributed by atoms with Crippen molar-refractivity contribution < 1.29 is 4.74 Å². The van der Waals surface area contributed by atoms with Gasteiger partial charge in [0.15, 0.2) is 5.65 Å². The highest BCUT2D eigenvalue weighted by molar-refractivity contribution is 5.87. The average Bonchev–Trinajstić information content (AvgIpc) is 3.00. The van der Waals surface area contributed by atoms with Crippen molar-refractivity contribution in [2.75, 3.05) is 37.0 Å². The summed E-state index contributed by atoms with van der Waals surface area (Å²) < 4.78 is 5.51. The molecule has 2 aromatic rings. The molecule has 1 fully saturated rings. The van der Waals surface area contributed by atoms with Gasteiger partial charge in [0.1, 0.15) is 5.82 Å². The zero-order valence-corrected chi connectivity index (χ0v) is 12.6. The number of piperidine rings is 1. The summed E-state index contributed by atoms with van der Waals surface area (Å²) >= 11 is 0. The Bertz CT molecular complexity index is 598. The van der Waals surface area contributed by atoms with Crippen molar-refractivity contribution >= 4 is 22.8 Å². The van der Waals surface area contributed by atoms with Crippen LogP contribution in [0.15, 0.2) is 6.20 Å². The number of aromatic amines is 1. The molecule has 1 saturated heterocycles. The van der Waals surface area contributed by atoms with Crippen LogP contribution in [0.25, 0.3) is 11.0 Å². The van der Waals surface area contributed by atoms with Crippen molar-refractivity contribution in [1.82, 2.24) is 20.2 Å². The van der Waals surface area contributed by atoms with E-state index in [2.05, 4.69) is 32.3 Å². The van der Waals surface area contributed by atoms with E-state index in [1.165, 1.54) is 0 Å². The first kappa shape index (κ1) is 14.1. The van der Waals surface area contributed by atoms with Crippen LogP contribution >= 0.6 is 0 Å². The van der Waals surface area contributed by atoms with Crippen molar-refractivity contribution in [2.24, 2.45) is 0 Å². The van der Waals surface area contributed by atoms with E-state index in [0.29, 0.717) is 5.95 Å². The number of rotatable bonds is 5. The fraction of sp³-hybridized carbons (Fsp3) is 0.643. The van der Waals surface area contributed by atoms with E-state index in [0.717, 1.165) is 55.7 Å². The molecule has 2 aromatic heterocycles. The number of hydrogen-bond donors (Lipinski definition) is 2. The van der Waals surface area contributed by atoms with Crippen molar-refractivity contribution in [1.29, 1.82) is 0 Å². The van der Waals surface area contributed by atoms with Gasteiger partial charge in [0.2, 0.25) is 5.95 Å². The van der Waals surface area contributed by atoms with Crippen LogP contribution in [-0.4, -0.2) is 53.0 Å². The smallest absolute Gasteiger partial charge is 0.226 e. The third kappa shape index (κ3) is 2.92. The van der Waals surface area contributed by atoms with Gasteiger partial charge in [-0.1, -0.05) is 6.92 Å². The highest BCUT2D eigenvalue weighted by Gasteiger charge is 2.23. The number of nitrogens with one attached hydrogen (secondary N) is 2. The average molecular weight is 290 g/mol. The lowest BCUT2D eigenvalue weighted by atomic mass is 10.1. The third-order valence-corrected chi connectivity index (χ3v) is 3.83. The summed E-state index contributed by atoms with van der Waals surface area (Å²) in [6, 6.07) is 0. The Labute approximate surface area is 124 Å². The fourth-order valence-corrected chi connectivity index (χ4v) is 2.70. The maximum atomic E-state index is 5.51. The maximum Gasteiger partial charge on any atom is 0.226 e. The minimum absolute atomic E-state index is 0.266. The van der Waals surface area contributed by atoms with Gasteiger partial charge in [-0.15, -0.1) is 0 Å². The number of aromatic nitrogens is 4. The van der Waals surface area contributed by atoms with E-state index < -0.39 is 0 Å². The quantitative estimate of drug-likeness (QED) is 0.874. The van der Waals surface area contributed by atoms with Crippen LogP contribution in [0.3, 0.4) is 0 Å². The number of H-pyrrole nitrogens is 1. The summed E-state index contributed by atoms with van der Waals surface area (Å²) in [6.07, 6.45) is 5.31. The van der Waals surface area contributed by atoms with Crippen molar-refractivity contribution in [2.45, 2.75) is 32.3 Å². The fourth-order valence-electron chi connectivity index (χ4n) is 2.70. The summed E-state index contributed by atoms with van der Waals surface area (Å²) in [5.41, 5.74) is 0.776. The number of ether oxygens (including phenoxy) is 1. The lowest BCUT2D eigenvalue weighted by Crippen LogP contribution is -2.39. The number of methoxy groups -OCH3 is 1. The molecule has 0 aliphatic carbocycles. The van der Waals surface area contributed by atoms with Gasteiger partial charge in [-0.25, -0.2) is 0 Å². The minimum Gasteiger partial charge on any atom is -0.380 e. The van der Waals surface area contributed by atoms with Gasteiger partial charge in [-0.3, -0.25) is 5.10 Å². The van der Waals surface area contributed by atoms with Gasteiger partial charge in [0.05, 0.1) is 17.7 Å². The zero-order chi connectivity index (χ0) is 14.7. The summed E-state index contributed by atoms with van der Waals surface area (Å²) in [5.74, 6) is 1.59. The van der Waals surface area contributed by atoms with Gasteiger partial charge in [-0.05, 0) is 19.3 Å². The molecule has 0 radical (unpaired) electrons. The van der Waals surface area contributed by atoms with Crippen LogP contribution in [0.4, 0.5) is 11.8 Å². The van der Waals surface area contributed by atoms with Gasteiger partial charge in [0.25, 0.3) is 0 Å². The van der Waals surface area contributed by atoms with E-state index in [1.807, 2.05) is 0 Å². The zero-order valence-electron chi connectivity index (χ0n) is 12.6. The summed E-state index contributed by atoms with van der Waals surface area (Å²) in [6.45, 7) is 4.83. The summed E-state index contributed by atoms with van der Waals surface area (Å²) in [5, 5.41) is 11.3. The van der Waals surface area contributed by atoms with E-state index >= 15 is 0 Å². The molecule has 1 atom stereocenters. The lowest BCUT2D eigenvalue weighted by Gasteiger charge is -2.33. The number of hydrogen-bond acceptors (Lipinski definition) is 6. The predicted molar refractivity (Wildman–Crippen MR) is 82.7 cm³/mol. The molecule has 21 heavy (non-hydrogen) atoms. The summed E-state index contributed by atoms with van der Waals surface area (Å²) in [7, 11) is 1.77. The first-order valence-electron chi connectivity index (χ1n) is 7.54. The molecule has 0 saturated carbocycles. The van der Waals surface area contributed by atoms with Gasteiger partial charge in [0, 0.05) is 26.7 Å². The normalized spacial score (nSPS) is 19.1. The number of anilines is 2. The standard InChI is InChI=1S/C14H22N6O/c1-3-6-15-14-17-12-11(8-16-19-12)13(18-14)20-7-4-5-10(9-20)21-2/h8,10H,3-7,9H2,1-2H3,(H2,15,16,17,18,19). The Kier molecular flexibility index (Phi) is 4.19. The molecule has 3 heterocycles. The number of nitrogens with zero attached hydrogens (tertiary/aromatic N) is 4. The topological polar surface area (TPSA) is 79.0 Å². The van der Waals surface area contributed by atoms with Crippen LogP contribution in [0, 0.1) is 0 Å². The van der Waals surface area contributed by atoms with Gasteiger partial charge in [-0.2, -0.15) is 15.1 Å². The summed E-state index contributed by atoms with van der Waals surface area (Å²) in [4.78, 5) is 11.4. The van der Waals surface area contributed by atoms with Crippen LogP contribution in [0.5, 0.6) is 0 Å². The Morgan fingerprint density at radius 1 is 1.48 bits per heavy atom.